The highest BCUT2D eigenvalue weighted by Crippen LogP contribution is 2.26. The third-order valence-corrected chi connectivity index (χ3v) is 3.07. The molecule has 1 aromatic heterocycles. The summed E-state index contributed by atoms with van der Waals surface area (Å²) < 4.78 is 1.02. The van der Waals surface area contributed by atoms with Gasteiger partial charge in [-0.05, 0) is 47.5 Å². The monoisotopic (exact) mass is 306 g/mol. The largest absolute Gasteiger partial charge is 0.370 e. The molecule has 0 aliphatic heterocycles. The molecule has 2 N–H and O–H groups in total. The van der Waals surface area contributed by atoms with Gasteiger partial charge in [-0.15, -0.1) is 0 Å². The summed E-state index contributed by atoms with van der Waals surface area (Å²) in [7, 11) is 0. The predicted octanol–water partition coefficient (Wildman–Crippen LogP) is 3.72. The summed E-state index contributed by atoms with van der Waals surface area (Å²) in [4.78, 5) is 8.33. The van der Waals surface area contributed by atoms with Crippen LogP contribution in [0, 0.1) is 6.92 Å². The zero-order valence-electron chi connectivity index (χ0n) is 10.4. The molecule has 0 amide bonds. The minimum absolute atomic E-state index is 0.769. The Kier molecular flexibility index (Phi) is 4.15. The zero-order valence-corrected chi connectivity index (χ0v) is 12.0. The van der Waals surface area contributed by atoms with Crippen LogP contribution < -0.4 is 10.6 Å². The van der Waals surface area contributed by atoms with E-state index in [0.29, 0.717) is 0 Å². The summed E-state index contributed by atoms with van der Waals surface area (Å²) >= 11 is 3.53. The lowest BCUT2D eigenvalue weighted by Crippen LogP contribution is -2.01. The average Bonchev–Trinajstić information content (AvgIpc) is 2.34. The van der Waals surface area contributed by atoms with E-state index in [1.807, 2.05) is 19.1 Å². The molecule has 0 unspecified atom stereocenters. The number of rotatable bonds is 4. The summed E-state index contributed by atoms with van der Waals surface area (Å²) in [6.45, 7) is 4.93. The molecule has 0 spiro atoms. The maximum absolute atomic E-state index is 4.20. The Hall–Kier alpha value is -1.62. The second-order valence-electron chi connectivity index (χ2n) is 3.93. The summed E-state index contributed by atoms with van der Waals surface area (Å²) in [5.41, 5.74) is 2.20. The first-order valence-electron chi connectivity index (χ1n) is 5.78. The van der Waals surface area contributed by atoms with Crippen LogP contribution in [0.15, 0.2) is 35.1 Å². The van der Waals surface area contributed by atoms with Gasteiger partial charge in [0, 0.05) is 17.1 Å². The Morgan fingerprint density at radius 2 is 1.94 bits per heavy atom. The van der Waals surface area contributed by atoms with Crippen molar-refractivity contribution in [3.8, 4) is 0 Å². The van der Waals surface area contributed by atoms with Crippen LogP contribution in [0.5, 0.6) is 0 Å². The normalized spacial score (nSPS) is 10.2. The lowest BCUT2D eigenvalue weighted by atomic mass is 10.2. The summed E-state index contributed by atoms with van der Waals surface area (Å²) in [5.74, 6) is 1.59. The molecule has 0 aliphatic rings. The van der Waals surface area contributed by atoms with E-state index in [0.717, 1.165) is 28.3 Å². The third-order valence-electron chi connectivity index (χ3n) is 2.41. The molecule has 0 bridgehead atoms. The van der Waals surface area contributed by atoms with Crippen molar-refractivity contribution in [2.75, 3.05) is 17.2 Å². The van der Waals surface area contributed by atoms with Gasteiger partial charge in [-0.2, -0.15) is 0 Å². The highest BCUT2D eigenvalue weighted by molar-refractivity contribution is 9.10. The smallest absolute Gasteiger partial charge is 0.135 e. The van der Waals surface area contributed by atoms with Crippen LogP contribution in [0.25, 0.3) is 0 Å². The number of halogens is 1. The van der Waals surface area contributed by atoms with Gasteiger partial charge >= 0.3 is 0 Å². The van der Waals surface area contributed by atoms with Crippen LogP contribution in [0.2, 0.25) is 0 Å². The fraction of sp³-hybridized carbons (Fsp3) is 0.231. The molecule has 0 saturated carbocycles. The van der Waals surface area contributed by atoms with Gasteiger partial charge in [0.15, 0.2) is 0 Å². The molecule has 18 heavy (non-hydrogen) atoms. The van der Waals surface area contributed by atoms with Crippen molar-refractivity contribution in [2.45, 2.75) is 13.8 Å². The lowest BCUT2D eigenvalue weighted by molar-refractivity contribution is 1.11. The molecule has 4 nitrogen and oxygen atoms in total. The van der Waals surface area contributed by atoms with Crippen LogP contribution in [-0.4, -0.2) is 16.5 Å². The minimum atomic E-state index is 0.769. The number of hydrogen-bond acceptors (Lipinski definition) is 4. The van der Waals surface area contributed by atoms with Crippen molar-refractivity contribution in [3.05, 3.63) is 40.6 Å². The number of nitrogens with one attached hydrogen (secondary N) is 2. The van der Waals surface area contributed by atoms with Gasteiger partial charge in [-0.25, -0.2) is 9.97 Å². The lowest BCUT2D eigenvalue weighted by Gasteiger charge is -2.09. The van der Waals surface area contributed by atoms with E-state index in [1.54, 1.807) is 6.33 Å². The summed E-state index contributed by atoms with van der Waals surface area (Å²) in [6.07, 6.45) is 1.54. The summed E-state index contributed by atoms with van der Waals surface area (Å²) in [6, 6.07) is 8.03. The van der Waals surface area contributed by atoms with Gasteiger partial charge in [0.1, 0.15) is 18.0 Å². The Morgan fingerprint density at radius 3 is 2.67 bits per heavy atom. The van der Waals surface area contributed by atoms with Crippen LogP contribution >= 0.6 is 15.9 Å². The second-order valence-corrected chi connectivity index (χ2v) is 4.78. The van der Waals surface area contributed by atoms with Crippen molar-refractivity contribution in [1.82, 2.24) is 9.97 Å². The Balaban J connectivity index is 2.20. The molecule has 2 aromatic rings. The fourth-order valence-corrected chi connectivity index (χ4v) is 2.16. The third kappa shape index (κ3) is 3.20. The highest BCUT2D eigenvalue weighted by Gasteiger charge is 2.02. The Morgan fingerprint density at radius 1 is 1.17 bits per heavy atom. The molecule has 94 valence electrons. The molecule has 0 atom stereocenters. The molecule has 1 heterocycles. The van der Waals surface area contributed by atoms with E-state index in [4.69, 9.17) is 0 Å². The Bertz CT molecular complexity index is 542. The van der Waals surface area contributed by atoms with Crippen molar-refractivity contribution in [2.24, 2.45) is 0 Å². The van der Waals surface area contributed by atoms with Crippen molar-refractivity contribution < 1.29 is 0 Å². The van der Waals surface area contributed by atoms with Crippen LogP contribution in [-0.2, 0) is 0 Å². The standard InChI is InChI=1S/C13H15BrN4/c1-3-15-12-7-13(17-8-16-12)18-11-5-4-9(2)6-10(11)14/h4-8H,3H2,1-2H3,(H2,15,16,17,18). The van der Waals surface area contributed by atoms with Crippen molar-refractivity contribution >= 4 is 33.3 Å². The Labute approximate surface area is 115 Å². The van der Waals surface area contributed by atoms with Gasteiger partial charge in [0.05, 0.1) is 5.69 Å². The first-order valence-corrected chi connectivity index (χ1v) is 6.57. The molecular formula is C13H15BrN4. The molecule has 0 saturated heterocycles. The average molecular weight is 307 g/mol. The van der Waals surface area contributed by atoms with E-state index < -0.39 is 0 Å². The predicted molar refractivity (Wildman–Crippen MR) is 78.4 cm³/mol. The molecule has 0 aliphatic carbocycles. The van der Waals surface area contributed by atoms with Gasteiger partial charge in [0.25, 0.3) is 0 Å². The maximum atomic E-state index is 4.20. The van der Waals surface area contributed by atoms with Crippen molar-refractivity contribution in [1.29, 1.82) is 0 Å². The molecule has 0 radical (unpaired) electrons. The molecular weight excluding hydrogens is 292 g/mol. The van der Waals surface area contributed by atoms with Gasteiger partial charge < -0.3 is 10.6 Å². The van der Waals surface area contributed by atoms with Crippen LogP contribution in [0.1, 0.15) is 12.5 Å². The van der Waals surface area contributed by atoms with E-state index in [-0.39, 0.29) is 0 Å². The SMILES string of the molecule is CCNc1cc(Nc2ccc(C)cc2Br)ncn1. The number of aryl methyl sites for hydroxylation is 1. The first kappa shape index (κ1) is 12.8. The first-order chi connectivity index (χ1) is 8.69. The molecule has 2 rings (SSSR count). The number of aromatic nitrogens is 2. The van der Waals surface area contributed by atoms with Gasteiger partial charge in [0.2, 0.25) is 0 Å². The minimum Gasteiger partial charge on any atom is -0.370 e. The highest BCUT2D eigenvalue weighted by atomic mass is 79.9. The van der Waals surface area contributed by atoms with Gasteiger partial charge in [-0.3, -0.25) is 0 Å². The number of nitrogens with zero attached hydrogens (tertiary/aromatic N) is 2. The summed E-state index contributed by atoms with van der Waals surface area (Å²) in [5, 5.41) is 6.41. The van der Waals surface area contributed by atoms with E-state index in [9.17, 15) is 0 Å². The molecule has 0 fully saturated rings. The van der Waals surface area contributed by atoms with E-state index in [2.05, 4.69) is 55.6 Å². The number of benzene rings is 1. The second kappa shape index (κ2) is 5.82. The zero-order chi connectivity index (χ0) is 13.0. The van der Waals surface area contributed by atoms with Crippen LogP contribution in [0.3, 0.4) is 0 Å². The fourth-order valence-electron chi connectivity index (χ4n) is 1.56. The number of hydrogen-bond donors (Lipinski definition) is 2. The number of anilines is 3. The van der Waals surface area contributed by atoms with Gasteiger partial charge in [-0.1, -0.05) is 6.07 Å². The maximum Gasteiger partial charge on any atom is 0.135 e. The molecule has 1 aromatic carbocycles. The van der Waals surface area contributed by atoms with E-state index >= 15 is 0 Å². The topological polar surface area (TPSA) is 49.8 Å². The van der Waals surface area contributed by atoms with Crippen molar-refractivity contribution in [3.63, 3.8) is 0 Å². The van der Waals surface area contributed by atoms with Crippen LogP contribution in [0.4, 0.5) is 17.3 Å². The molecule has 5 heteroatoms. The van der Waals surface area contributed by atoms with E-state index in [1.165, 1.54) is 5.56 Å². The quantitative estimate of drug-likeness (QED) is 0.904.